The summed E-state index contributed by atoms with van der Waals surface area (Å²) in [5.74, 6) is 0. The number of rotatable bonds is 5. The van der Waals surface area contributed by atoms with Crippen LogP contribution in [0.4, 0.5) is 0 Å². The van der Waals surface area contributed by atoms with Gasteiger partial charge in [0.15, 0.2) is 0 Å². The van der Waals surface area contributed by atoms with E-state index < -0.39 is 0 Å². The number of hydrogen-bond acceptors (Lipinski definition) is 2. The summed E-state index contributed by atoms with van der Waals surface area (Å²) in [4.78, 5) is 0. The topological polar surface area (TPSA) is 32.3 Å². The number of hydrogen-bond donors (Lipinski definition) is 2. The molecule has 1 aromatic rings. The standard InChI is InChI=1S/C14H23NO/c1-5-14(9-16)15-8-13-7-11(3)10(2)6-12(13)4/h6-7,14-16H,5,8-9H2,1-4H3/t14-/m0/s1. The monoisotopic (exact) mass is 221 g/mol. The molecule has 0 aliphatic rings. The average Bonchev–Trinajstić information content (AvgIpc) is 2.26. The third kappa shape index (κ3) is 3.32. The minimum Gasteiger partial charge on any atom is -0.395 e. The van der Waals surface area contributed by atoms with Crippen LogP contribution in [0, 0.1) is 20.8 Å². The van der Waals surface area contributed by atoms with Gasteiger partial charge in [-0.3, -0.25) is 0 Å². The molecule has 2 heteroatoms. The summed E-state index contributed by atoms with van der Waals surface area (Å²) in [6.45, 7) is 9.56. The molecule has 0 radical (unpaired) electrons. The first-order valence-electron chi connectivity index (χ1n) is 5.99. The fraction of sp³-hybridized carbons (Fsp3) is 0.571. The van der Waals surface area contributed by atoms with Gasteiger partial charge in [-0.2, -0.15) is 0 Å². The summed E-state index contributed by atoms with van der Waals surface area (Å²) < 4.78 is 0. The van der Waals surface area contributed by atoms with E-state index in [1.807, 2.05) is 0 Å². The molecule has 0 unspecified atom stereocenters. The number of nitrogens with one attached hydrogen (secondary N) is 1. The third-order valence-corrected chi connectivity index (χ3v) is 3.25. The number of aryl methyl sites for hydroxylation is 3. The lowest BCUT2D eigenvalue weighted by Crippen LogP contribution is -2.31. The molecule has 0 amide bonds. The normalized spacial score (nSPS) is 12.8. The minimum atomic E-state index is 0.209. The van der Waals surface area contributed by atoms with E-state index in [1.54, 1.807) is 0 Å². The Bertz CT molecular complexity index is 343. The van der Waals surface area contributed by atoms with Crippen molar-refractivity contribution in [1.29, 1.82) is 0 Å². The Morgan fingerprint density at radius 1 is 1.12 bits per heavy atom. The van der Waals surface area contributed by atoms with Gasteiger partial charge in [0.05, 0.1) is 6.61 Å². The van der Waals surface area contributed by atoms with Crippen LogP contribution in [0.2, 0.25) is 0 Å². The van der Waals surface area contributed by atoms with Crippen LogP contribution in [0.15, 0.2) is 12.1 Å². The molecule has 16 heavy (non-hydrogen) atoms. The fourth-order valence-corrected chi connectivity index (χ4v) is 1.80. The van der Waals surface area contributed by atoms with Crippen LogP contribution >= 0.6 is 0 Å². The maximum atomic E-state index is 9.11. The maximum absolute atomic E-state index is 9.11. The molecule has 1 rings (SSSR count). The zero-order valence-corrected chi connectivity index (χ0v) is 10.8. The maximum Gasteiger partial charge on any atom is 0.0584 e. The molecule has 0 aliphatic heterocycles. The van der Waals surface area contributed by atoms with Crippen LogP contribution in [0.3, 0.4) is 0 Å². The molecular formula is C14H23NO. The molecule has 0 aliphatic carbocycles. The zero-order valence-electron chi connectivity index (χ0n) is 10.8. The van der Waals surface area contributed by atoms with E-state index in [2.05, 4.69) is 45.1 Å². The fourth-order valence-electron chi connectivity index (χ4n) is 1.80. The highest BCUT2D eigenvalue weighted by Crippen LogP contribution is 2.15. The summed E-state index contributed by atoms with van der Waals surface area (Å²) in [5.41, 5.74) is 5.33. The summed E-state index contributed by atoms with van der Waals surface area (Å²) in [6.07, 6.45) is 0.959. The second-order valence-corrected chi connectivity index (χ2v) is 4.53. The van der Waals surface area contributed by atoms with Gasteiger partial charge < -0.3 is 10.4 Å². The molecule has 2 nitrogen and oxygen atoms in total. The van der Waals surface area contributed by atoms with E-state index in [0.717, 1.165) is 13.0 Å². The Kier molecular flexibility index (Phi) is 4.97. The Balaban J connectivity index is 2.70. The summed E-state index contributed by atoms with van der Waals surface area (Å²) in [6, 6.07) is 4.68. The predicted molar refractivity (Wildman–Crippen MR) is 68.7 cm³/mol. The van der Waals surface area contributed by atoms with Crippen molar-refractivity contribution in [2.75, 3.05) is 6.61 Å². The second kappa shape index (κ2) is 6.02. The molecule has 0 bridgehead atoms. The first-order valence-corrected chi connectivity index (χ1v) is 5.99. The van der Waals surface area contributed by atoms with E-state index in [9.17, 15) is 0 Å². The van der Waals surface area contributed by atoms with Crippen molar-refractivity contribution >= 4 is 0 Å². The molecule has 90 valence electrons. The Labute approximate surface area is 98.7 Å². The molecule has 0 saturated carbocycles. The summed E-state index contributed by atoms with van der Waals surface area (Å²) in [7, 11) is 0. The highest BCUT2D eigenvalue weighted by Gasteiger charge is 2.06. The van der Waals surface area contributed by atoms with Crippen molar-refractivity contribution < 1.29 is 5.11 Å². The van der Waals surface area contributed by atoms with Crippen LogP contribution in [0.5, 0.6) is 0 Å². The number of aliphatic hydroxyl groups is 1. The van der Waals surface area contributed by atoms with Crippen LogP contribution < -0.4 is 5.32 Å². The van der Waals surface area contributed by atoms with Gasteiger partial charge in [-0.25, -0.2) is 0 Å². The third-order valence-electron chi connectivity index (χ3n) is 3.25. The Hall–Kier alpha value is -0.860. The lowest BCUT2D eigenvalue weighted by molar-refractivity contribution is 0.238. The first-order chi connectivity index (χ1) is 7.58. The predicted octanol–water partition coefficient (Wildman–Crippen LogP) is 2.47. The number of aliphatic hydroxyl groups excluding tert-OH is 1. The van der Waals surface area contributed by atoms with Gasteiger partial charge in [-0.15, -0.1) is 0 Å². The highest BCUT2D eigenvalue weighted by molar-refractivity contribution is 5.36. The summed E-state index contributed by atoms with van der Waals surface area (Å²) >= 11 is 0. The molecule has 2 N–H and O–H groups in total. The molecule has 0 spiro atoms. The molecule has 0 aromatic heterocycles. The lowest BCUT2D eigenvalue weighted by atomic mass is 10.0. The minimum absolute atomic E-state index is 0.209. The van der Waals surface area contributed by atoms with Gasteiger partial charge in [0.25, 0.3) is 0 Å². The van der Waals surface area contributed by atoms with Crippen molar-refractivity contribution in [2.45, 2.75) is 46.7 Å². The molecule has 1 atom stereocenters. The van der Waals surface area contributed by atoms with E-state index in [0.29, 0.717) is 0 Å². The van der Waals surface area contributed by atoms with E-state index in [1.165, 1.54) is 22.3 Å². The average molecular weight is 221 g/mol. The quantitative estimate of drug-likeness (QED) is 0.800. The highest BCUT2D eigenvalue weighted by atomic mass is 16.3. The van der Waals surface area contributed by atoms with Crippen molar-refractivity contribution in [3.05, 3.63) is 34.4 Å². The zero-order chi connectivity index (χ0) is 12.1. The number of benzene rings is 1. The molecule has 1 aromatic carbocycles. The van der Waals surface area contributed by atoms with Crippen molar-refractivity contribution in [3.63, 3.8) is 0 Å². The first kappa shape index (κ1) is 13.2. The van der Waals surface area contributed by atoms with Gasteiger partial charge in [0.1, 0.15) is 0 Å². The van der Waals surface area contributed by atoms with Crippen molar-refractivity contribution in [1.82, 2.24) is 5.32 Å². The van der Waals surface area contributed by atoms with Crippen LogP contribution in [-0.4, -0.2) is 17.8 Å². The van der Waals surface area contributed by atoms with E-state index >= 15 is 0 Å². The van der Waals surface area contributed by atoms with E-state index in [-0.39, 0.29) is 12.6 Å². The van der Waals surface area contributed by atoms with Crippen LogP contribution in [-0.2, 0) is 6.54 Å². The molecule has 0 saturated heterocycles. The van der Waals surface area contributed by atoms with Gasteiger partial charge in [0, 0.05) is 12.6 Å². The lowest BCUT2D eigenvalue weighted by Gasteiger charge is -2.16. The van der Waals surface area contributed by atoms with Crippen molar-refractivity contribution in [2.24, 2.45) is 0 Å². The van der Waals surface area contributed by atoms with E-state index in [4.69, 9.17) is 5.11 Å². The van der Waals surface area contributed by atoms with Crippen LogP contribution in [0.1, 0.15) is 35.6 Å². The second-order valence-electron chi connectivity index (χ2n) is 4.53. The Morgan fingerprint density at radius 3 is 2.31 bits per heavy atom. The van der Waals surface area contributed by atoms with Gasteiger partial charge >= 0.3 is 0 Å². The molecular weight excluding hydrogens is 198 g/mol. The Morgan fingerprint density at radius 2 is 1.75 bits per heavy atom. The van der Waals surface area contributed by atoms with Crippen LogP contribution in [0.25, 0.3) is 0 Å². The molecule has 0 fully saturated rings. The largest absolute Gasteiger partial charge is 0.395 e. The van der Waals surface area contributed by atoms with Gasteiger partial charge in [-0.05, 0) is 49.4 Å². The summed E-state index contributed by atoms with van der Waals surface area (Å²) in [5, 5.41) is 12.5. The smallest absolute Gasteiger partial charge is 0.0584 e. The SMILES string of the molecule is CC[C@@H](CO)NCc1cc(C)c(C)cc1C. The molecule has 0 heterocycles. The van der Waals surface area contributed by atoms with Gasteiger partial charge in [0.2, 0.25) is 0 Å². The van der Waals surface area contributed by atoms with Gasteiger partial charge in [-0.1, -0.05) is 19.1 Å². The van der Waals surface area contributed by atoms with Crippen molar-refractivity contribution in [3.8, 4) is 0 Å².